The molecule has 0 saturated carbocycles. The summed E-state index contributed by atoms with van der Waals surface area (Å²) in [7, 11) is -4.24. The summed E-state index contributed by atoms with van der Waals surface area (Å²) < 4.78 is 38.8. The Morgan fingerprint density at radius 2 is 1.78 bits per heavy atom. The van der Waals surface area contributed by atoms with Gasteiger partial charge in [0, 0.05) is 29.6 Å². The van der Waals surface area contributed by atoms with E-state index >= 15 is 0 Å². The summed E-state index contributed by atoms with van der Waals surface area (Å²) in [5.41, 5.74) is -2.02. The van der Waals surface area contributed by atoms with E-state index in [0.29, 0.717) is 10.0 Å². The number of hydrogen-bond donors (Lipinski definition) is 1. The Kier molecular flexibility index (Phi) is 7.90. The number of sulfone groups is 1. The molecular weight excluding hydrogens is 639 g/mol. The minimum atomic E-state index is -4.24. The maximum absolute atomic E-state index is 13.5. The third kappa shape index (κ3) is 5.46. The molecule has 2 fully saturated rings. The number of carbonyl (C=O) groups excluding carboxylic acids is 2. The molecule has 1 N–H and O–H groups in total. The van der Waals surface area contributed by atoms with E-state index in [2.05, 4.69) is 0 Å². The van der Waals surface area contributed by atoms with Crippen molar-refractivity contribution in [3.05, 3.63) is 69.0 Å². The van der Waals surface area contributed by atoms with Gasteiger partial charge in [-0.05, 0) is 47.8 Å². The van der Waals surface area contributed by atoms with E-state index in [1.165, 1.54) is 48.6 Å². The Bertz CT molecular complexity index is 1650. The molecule has 2 aliphatic rings. The van der Waals surface area contributed by atoms with Crippen LogP contribution >= 0.6 is 46.1 Å². The van der Waals surface area contributed by atoms with Crippen LogP contribution in [0.4, 0.5) is 5.00 Å². The van der Waals surface area contributed by atoms with Crippen molar-refractivity contribution in [3.63, 3.8) is 0 Å². The molecule has 2 aromatic carbocycles. The van der Waals surface area contributed by atoms with Crippen LogP contribution in [0.3, 0.4) is 0 Å². The lowest BCUT2D eigenvalue weighted by Crippen LogP contribution is -2.79. The molecule has 2 amide bonds. The summed E-state index contributed by atoms with van der Waals surface area (Å²) >= 11 is 19.5. The molecule has 216 valence electrons. The van der Waals surface area contributed by atoms with Gasteiger partial charge in [-0.1, -0.05) is 34.8 Å². The third-order valence-electron chi connectivity index (χ3n) is 6.77. The molecule has 0 bridgehead atoms. The fraction of sp³-hybridized carbons (Fsp3) is 0.269. The first kappa shape index (κ1) is 29.5. The summed E-state index contributed by atoms with van der Waals surface area (Å²) in [6, 6.07) is 10.9. The van der Waals surface area contributed by atoms with Crippen molar-refractivity contribution in [2.45, 2.75) is 18.3 Å². The van der Waals surface area contributed by atoms with Gasteiger partial charge in [-0.15, -0.1) is 11.3 Å². The van der Waals surface area contributed by atoms with Crippen molar-refractivity contribution in [1.82, 2.24) is 4.90 Å². The first-order valence-electron chi connectivity index (χ1n) is 12.0. The first-order chi connectivity index (χ1) is 19.3. The topological polar surface area (TPSA) is 131 Å². The molecule has 0 radical (unpaired) electrons. The summed E-state index contributed by atoms with van der Waals surface area (Å²) in [6.07, 6.45) is 0. The van der Waals surface area contributed by atoms with Crippen molar-refractivity contribution in [2.75, 3.05) is 23.8 Å². The minimum absolute atomic E-state index is 0.0249. The summed E-state index contributed by atoms with van der Waals surface area (Å²) in [5, 5.41) is 11.8. The monoisotopic (exact) mass is 658 g/mol. The summed E-state index contributed by atoms with van der Waals surface area (Å²) in [6.45, 7) is 0.162. The zero-order valence-electron chi connectivity index (χ0n) is 21.1. The second-order valence-electron chi connectivity index (χ2n) is 9.59. The van der Waals surface area contributed by atoms with Gasteiger partial charge < -0.3 is 19.5 Å². The number of rotatable bonds is 8. The SMILES string of the molecule is CC(=O)N(c1cccs1)C1C(=O)N2CC(COc3cc(Cl)ccc3Oc3ccc(Cl)cc3Cl)(C(=O)O)CS(=O)(=O)[C@H]12. The molecule has 2 unspecified atom stereocenters. The number of halogens is 3. The van der Waals surface area contributed by atoms with Gasteiger partial charge in [-0.3, -0.25) is 19.3 Å². The van der Waals surface area contributed by atoms with Gasteiger partial charge in [-0.2, -0.15) is 0 Å². The van der Waals surface area contributed by atoms with Crippen LogP contribution in [0.5, 0.6) is 17.2 Å². The standard InChI is InChI=1S/C26H21Cl3N2O8S2/c1-14(32)31(21-3-2-8-40-21)22-23(33)30-11-26(25(34)35,13-41(36,37)24(22)30)12-38-20-10-16(28)5-7-19(20)39-18-6-4-15(27)9-17(18)29/h2-10,22,24H,11-13H2,1H3,(H,34,35)/t22?,24-,26?/m1/s1. The number of anilines is 1. The smallest absolute Gasteiger partial charge is 0.316 e. The maximum atomic E-state index is 13.5. The van der Waals surface area contributed by atoms with Gasteiger partial charge in [-0.25, -0.2) is 8.42 Å². The molecular formula is C26H21Cl3N2O8S2. The quantitative estimate of drug-likeness (QED) is 0.336. The Morgan fingerprint density at radius 1 is 1.10 bits per heavy atom. The molecule has 41 heavy (non-hydrogen) atoms. The Morgan fingerprint density at radius 3 is 2.39 bits per heavy atom. The zero-order valence-corrected chi connectivity index (χ0v) is 25.0. The van der Waals surface area contributed by atoms with Crippen LogP contribution in [0.1, 0.15) is 6.92 Å². The van der Waals surface area contributed by atoms with E-state index in [4.69, 9.17) is 44.3 Å². The number of nitrogens with zero attached hydrogens (tertiary/aromatic N) is 2. The van der Waals surface area contributed by atoms with E-state index in [-0.39, 0.29) is 27.3 Å². The molecule has 15 heteroatoms. The number of thiophene rings is 1. The predicted octanol–water partition coefficient (Wildman–Crippen LogP) is 4.97. The van der Waals surface area contributed by atoms with Crippen molar-refractivity contribution < 1.29 is 37.4 Å². The predicted molar refractivity (Wildman–Crippen MR) is 154 cm³/mol. The van der Waals surface area contributed by atoms with E-state index < -0.39 is 63.4 Å². The minimum Gasteiger partial charge on any atom is -0.488 e. The van der Waals surface area contributed by atoms with Crippen molar-refractivity contribution in [1.29, 1.82) is 0 Å². The van der Waals surface area contributed by atoms with Gasteiger partial charge in [0.15, 0.2) is 32.8 Å². The third-order valence-corrected chi connectivity index (χ3v) is 10.6. The molecule has 2 saturated heterocycles. The molecule has 3 atom stereocenters. The number of carboxylic acids is 1. The van der Waals surface area contributed by atoms with Gasteiger partial charge in [0.25, 0.3) is 0 Å². The second-order valence-corrected chi connectivity index (χ2v) is 13.9. The van der Waals surface area contributed by atoms with Gasteiger partial charge in [0.2, 0.25) is 11.8 Å². The molecule has 3 heterocycles. The number of benzene rings is 2. The van der Waals surface area contributed by atoms with Crippen molar-refractivity contribution in [2.24, 2.45) is 5.41 Å². The van der Waals surface area contributed by atoms with Crippen LogP contribution in [0.2, 0.25) is 15.1 Å². The maximum Gasteiger partial charge on any atom is 0.316 e. The highest BCUT2D eigenvalue weighted by molar-refractivity contribution is 7.92. The van der Waals surface area contributed by atoms with E-state index in [0.717, 1.165) is 9.80 Å². The zero-order chi connectivity index (χ0) is 29.7. The normalized spacial score (nSPS) is 22.8. The molecule has 1 aromatic heterocycles. The molecule has 0 aliphatic carbocycles. The molecule has 0 spiro atoms. The lowest BCUT2D eigenvalue weighted by atomic mass is 9.87. The summed E-state index contributed by atoms with van der Waals surface area (Å²) in [5.74, 6) is -3.08. The van der Waals surface area contributed by atoms with Crippen LogP contribution in [0, 0.1) is 5.41 Å². The number of amides is 2. The highest BCUT2D eigenvalue weighted by Crippen LogP contribution is 2.44. The van der Waals surface area contributed by atoms with Crippen molar-refractivity contribution >= 4 is 78.8 Å². The number of carbonyl (C=O) groups is 3. The number of β-lactam (4-membered cyclic amide) rings is 1. The van der Waals surface area contributed by atoms with E-state index in [9.17, 15) is 27.9 Å². The van der Waals surface area contributed by atoms with Gasteiger partial charge in [0.1, 0.15) is 17.8 Å². The highest BCUT2D eigenvalue weighted by Gasteiger charge is 2.66. The summed E-state index contributed by atoms with van der Waals surface area (Å²) in [4.78, 5) is 40.4. The molecule has 5 rings (SSSR count). The fourth-order valence-electron chi connectivity index (χ4n) is 4.89. The lowest BCUT2D eigenvalue weighted by Gasteiger charge is -2.55. The van der Waals surface area contributed by atoms with E-state index in [1.54, 1.807) is 23.6 Å². The molecule has 3 aromatic rings. The number of aliphatic carboxylic acids is 1. The Hall–Kier alpha value is -3.03. The van der Waals surface area contributed by atoms with Crippen LogP contribution in [0.15, 0.2) is 53.9 Å². The number of carboxylic acid groups (broad SMARTS) is 1. The molecule has 10 nitrogen and oxygen atoms in total. The Balaban J connectivity index is 1.41. The lowest BCUT2D eigenvalue weighted by molar-refractivity contribution is -0.160. The number of ether oxygens (including phenoxy) is 2. The first-order valence-corrected chi connectivity index (χ1v) is 15.7. The van der Waals surface area contributed by atoms with Crippen LogP contribution in [-0.2, 0) is 24.2 Å². The van der Waals surface area contributed by atoms with E-state index in [1.807, 2.05) is 0 Å². The van der Waals surface area contributed by atoms with Gasteiger partial charge >= 0.3 is 5.97 Å². The second kappa shape index (κ2) is 11.0. The average Bonchev–Trinajstić information content (AvgIpc) is 3.42. The van der Waals surface area contributed by atoms with Gasteiger partial charge in [0.05, 0.1) is 15.8 Å². The van der Waals surface area contributed by atoms with Crippen LogP contribution in [0.25, 0.3) is 0 Å². The largest absolute Gasteiger partial charge is 0.488 e. The highest BCUT2D eigenvalue weighted by atomic mass is 35.5. The number of hydrogen-bond acceptors (Lipinski definition) is 8. The van der Waals surface area contributed by atoms with Crippen LogP contribution < -0.4 is 14.4 Å². The number of fused-ring (bicyclic) bond motifs is 1. The fourth-order valence-corrected chi connectivity index (χ4v) is 8.74. The Labute approximate surface area is 253 Å². The average molecular weight is 660 g/mol. The van der Waals surface area contributed by atoms with Crippen molar-refractivity contribution in [3.8, 4) is 17.2 Å². The van der Waals surface area contributed by atoms with Crippen LogP contribution in [-0.4, -0.2) is 66.5 Å². The molecule has 2 aliphatic heterocycles.